The first-order valence-electron chi connectivity index (χ1n) is 6.87. The van der Waals surface area contributed by atoms with Gasteiger partial charge in [-0.3, -0.25) is 0 Å². The Bertz CT molecular complexity index is 352. The molecule has 94 valence electrons. The molecule has 1 atom stereocenters. The number of hydrogen-bond donors (Lipinski definition) is 0. The molecule has 0 heterocycles. The molecule has 1 aliphatic rings. The molecular formula is C16H23Br. The second-order valence-electron chi connectivity index (χ2n) is 5.81. The van der Waals surface area contributed by atoms with Crippen LogP contribution in [0.3, 0.4) is 0 Å². The standard InChI is InChI=1S/C16H23Br/c1-12(2)10-14-5-3-4-13(11-14)6-9-16(17)15-7-8-15/h3-5,11-12,15-16H,6-10H2,1-2H3. The quantitative estimate of drug-likeness (QED) is 0.648. The van der Waals surface area contributed by atoms with Gasteiger partial charge < -0.3 is 0 Å². The van der Waals surface area contributed by atoms with E-state index in [4.69, 9.17) is 0 Å². The van der Waals surface area contributed by atoms with Gasteiger partial charge in [0.05, 0.1) is 0 Å². The fourth-order valence-corrected chi connectivity index (χ4v) is 3.14. The zero-order valence-electron chi connectivity index (χ0n) is 11.0. The molecular weight excluding hydrogens is 272 g/mol. The van der Waals surface area contributed by atoms with Crippen LogP contribution in [0, 0.1) is 11.8 Å². The number of hydrogen-bond acceptors (Lipinski definition) is 0. The second-order valence-corrected chi connectivity index (χ2v) is 6.99. The Kier molecular flexibility index (Phi) is 4.67. The molecule has 1 heteroatoms. The Labute approximate surface area is 114 Å². The van der Waals surface area contributed by atoms with E-state index in [0.29, 0.717) is 0 Å². The molecule has 0 spiro atoms. The molecule has 1 fully saturated rings. The smallest absolute Gasteiger partial charge is 0.0177 e. The van der Waals surface area contributed by atoms with E-state index >= 15 is 0 Å². The van der Waals surface area contributed by atoms with Crippen molar-refractivity contribution in [2.75, 3.05) is 0 Å². The van der Waals surface area contributed by atoms with Crippen LogP contribution in [0.5, 0.6) is 0 Å². The van der Waals surface area contributed by atoms with Crippen molar-refractivity contribution < 1.29 is 0 Å². The molecule has 0 radical (unpaired) electrons. The van der Waals surface area contributed by atoms with E-state index in [2.05, 4.69) is 54.0 Å². The number of alkyl halides is 1. The van der Waals surface area contributed by atoms with Crippen molar-refractivity contribution in [3.05, 3.63) is 35.4 Å². The maximum absolute atomic E-state index is 3.82. The molecule has 1 saturated carbocycles. The molecule has 0 aliphatic heterocycles. The van der Waals surface area contributed by atoms with Gasteiger partial charge in [-0.2, -0.15) is 0 Å². The molecule has 0 amide bonds. The highest BCUT2D eigenvalue weighted by Gasteiger charge is 2.28. The van der Waals surface area contributed by atoms with Crippen molar-refractivity contribution in [2.24, 2.45) is 11.8 Å². The molecule has 1 aromatic carbocycles. The van der Waals surface area contributed by atoms with Crippen LogP contribution in [0.15, 0.2) is 24.3 Å². The summed E-state index contributed by atoms with van der Waals surface area (Å²) < 4.78 is 0. The molecule has 1 unspecified atom stereocenters. The molecule has 1 aliphatic carbocycles. The van der Waals surface area contributed by atoms with Gasteiger partial charge in [0.25, 0.3) is 0 Å². The molecule has 17 heavy (non-hydrogen) atoms. The summed E-state index contributed by atoms with van der Waals surface area (Å²) in [4.78, 5) is 0.747. The monoisotopic (exact) mass is 294 g/mol. The Morgan fingerprint density at radius 3 is 2.59 bits per heavy atom. The Hall–Kier alpha value is -0.300. The minimum atomic E-state index is 0.747. The summed E-state index contributed by atoms with van der Waals surface area (Å²) in [6, 6.07) is 9.15. The zero-order chi connectivity index (χ0) is 12.3. The Morgan fingerprint density at radius 1 is 1.24 bits per heavy atom. The van der Waals surface area contributed by atoms with Crippen LogP contribution in [0.2, 0.25) is 0 Å². The minimum Gasteiger partial charge on any atom is -0.0888 e. The van der Waals surface area contributed by atoms with Gasteiger partial charge in [0.2, 0.25) is 0 Å². The summed E-state index contributed by atoms with van der Waals surface area (Å²) in [6.45, 7) is 4.57. The maximum Gasteiger partial charge on any atom is 0.0177 e. The van der Waals surface area contributed by atoms with E-state index in [9.17, 15) is 0 Å². The lowest BCUT2D eigenvalue weighted by Crippen LogP contribution is -2.03. The average Bonchev–Trinajstić information content (AvgIpc) is 3.09. The van der Waals surface area contributed by atoms with Crippen molar-refractivity contribution in [3.8, 4) is 0 Å². The predicted molar refractivity (Wildman–Crippen MR) is 78.7 cm³/mol. The average molecular weight is 295 g/mol. The van der Waals surface area contributed by atoms with Gasteiger partial charge in [0.15, 0.2) is 0 Å². The number of aryl methyl sites for hydroxylation is 1. The highest BCUT2D eigenvalue weighted by atomic mass is 79.9. The maximum atomic E-state index is 3.82. The summed E-state index contributed by atoms with van der Waals surface area (Å²) >= 11 is 3.82. The summed E-state index contributed by atoms with van der Waals surface area (Å²) in [6.07, 6.45) is 6.58. The lowest BCUT2D eigenvalue weighted by atomic mass is 9.99. The molecule has 0 bridgehead atoms. The predicted octanol–water partition coefficient (Wildman–Crippen LogP) is 4.99. The molecule has 2 rings (SSSR count). The van der Waals surface area contributed by atoms with Crippen molar-refractivity contribution in [1.29, 1.82) is 0 Å². The number of halogens is 1. The summed E-state index contributed by atoms with van der Waals surface area (Å²) in [5.74, 6) is 1.72. The second kappa shape index (κ2) is 6.04. The SMILES string of the molecule is CC(C)Cc1cccc(CCC(Br)C2CC2)c1. The van der Waals surface area contributed by atoms with Gasteiger partial charge in [-0.1, -0.05) is 54.0 Å². The van der Waals surface area contributed by atoms with Crippen LogP contribution in [0.25, 0.3) is 0 Å². The van der Waals surface area contributed by atoms with E-state index in [0.717, 1.165) is 16.7 Å². The van der Waals surface area contributed by atoms with Crippen LogP contribution >= 0.6 is 15.9 Å². The van der Waals surface area contributed by atoms with Gasteiger partial charge in [0.1, 0.15) is 0 Å². The van der Waals surface area contributed by atoms with E-state index in [1.807, 2.05) is 0 Å². The van der Waals surface area contributed by atoms with E-state index < -0.39 is 0 Å². The zero-order valence-corrected chi connectivity index (χ0v) is 12.5. The molecule has 0 N–H and O–H groups in total. The normalized spacial score (nSPS) is 17.4. The summed E-state index contributed by atoms with van der Waals surface area (Å²) in [5, 5.41) is 0. The minimum absolute atomic E-state index is 0.747. The Morgan fingerprint density at radius 2 is 1.94 bits per heavy atom. The van der Waals surface area contributed by atoms with E-state index in [1.54, 1.807) is 0 Å². The highest BCUT2D eigenvalue weighted by Crippen LogP contribution is 2.38. The fraction of sp³-hybridized carbons (Fsp3) is 0.625. The van der Waals surface area contributed by atoms with Crippen molar-refractivity contribution in [2.45, 2.75) is 50.8 Å². The van der Waals surface area contributed by atoms with Gasteiger partial charge in [-0.15, -0.1) is 0 Å². The van der Waals surface area contributed by atoms with Crippen molar-refractivity contribution in [1.82, 2.24) is 0 Å². The number of rotatable bonds is 6. The van der Waals surface area contributed by atoms with Gasteiger partial charge in [-0.05, 0) is 55.1 Å². The van der Waals surface area contributed by atoms with Gasteiger partial charge in [0, 0.05) is 4.83 Å². The van der Waals surface area contributed by atoms with Crippen molar-refractivity contribution >= 4 is 15.9 Å². The lowest BCUT2D eigenvalue weighted by molar-refractivity contribution is 0.645. The van der Waals surface area contributed by atoms with Crippen LogP contribution in [-0.2, 0) is 12.8 Å². The first-order chi connectivity index (χ1) is 8.15. The van der Waals surface area contributed by atoms with Gasteiger partial charge >= 0.3 is 0 Å². The summed E-state index contributed by atoms with van der Waals surface area (Å²) in [7, 11) is 0. The molecule has 0 saturated heterocycles. The van der Waals surface area contributed by atoms with E-state index in [-0.39, 0.29) is 0 Å². The lowest BCUT2D eigenvalue weighted by Gasteiger charge is -2.10. The van der Waals surface area contributed by atoms with Crippen LogP contribution < -0.4 is 0 Å². The van der Waals surface area contributed by atoms with Crippen LogP contribution in [-0.4, -0.2) is 4.83 Å². The first-order valence-corrected chi connectivity index (χ1v) is 7.78. The van der Waals surface area contributed by atoms with Gasteiger partial charge in [-0.25, -0.2) is 0 Å². The topological polar surface area (TPSA) is 0 Å². The molecule has 1 aromatic rings. The Balaban J connectivity index is 1.86. The van der Waals surface area contributed by atoms with E-state index in [1.165, 1.54) is 43.2 Å². The third kappa shape index (κ3) is 4.46. The third-order valence-corrected chi connectivity index (χ3v) is 4.68. The number of benzene rings is 1. The largest absolute Gasteiger partial charge is 0.0888 e. The highest BCUT2D eigenvalue weighted by molar-refractivity contribution is 9.09. The fourth-order valence-electron chi connectivity index (χ4n) is 2.38. The summed E-state index contributed by atoms with van der Waals surface area (Å²) in [5.41, 5.74) is 3.00. The van der Waals surface area contributed by atoms with Crippen LogP contribution in [0.4, 0.5) is 0 Å². The van der Waals surface area contributed by atoms with Crippen LogP contribution in [0.1, 0.15) is 44.2 Å². The first kappa shape index (κ1) is 13.1. The molecule has 0 aromatic heterocycles. The van der Waals surface area contributed by atoms with Crippen molar-refractivity contribution in [3.63, 3.8) is 0 Å². The third-order valence-electron chi connectivity index (χ3n) is 3.48. The molecule has 0 nitrogen and oxygen atoms in total.